The van der Waals surface area contributed by atoms with Gasteiger partial charge in [0.25, 0.3) is 11.5 Å². The van der Waals surface area contributed by atoms with Crippen molar-refractivity contribution >= 4 is 17.5 Å². The second kappa shape index (κ2) is 7.86. The Morgan fingerprint density at radius 2 is 1.87 bits per heavy atom. The number of nitrogen functional groups attached to an aromatic ring is 1. The van der Waals surface area contributed by atoms with E-state index in [0.29, 0.717) is 24.9 Å². The van der Waals surface area contributed by atoms with Crippen LogP contribution in [0.5, 0.6) is 0 Å². The molecule has 0 saturated carbocycles. The largest absolute Gasteiger partial charge is 0.383 e. The fraction of sp³-hybridized carbons (Fsp3) is 0.304. The molecule has 160 valence electrons. The number of aromatic nitrogens is 3. The molecule has 0 radical (unpaired) electrons. The smallest absolute Gasteiger partial charge is 0.263 e. The second-order valence-corrected chi connectivity index (χ2v) is 7.92. The maximum atomic E-state index is 13.3. The van der Waals surface area contributed by atoms with Gasteiger partial charge in [0.2, 0.25) is 0 Å². The third-order valence-corrected chi connectivity index (χ3v) is 5.97. The molecular weight excluding hydrogens is 394 g/mol. The molecule has 1 atom stereocenters. The number of benzene rings is 1. The topological polar surface area (TPSA) is 103 Å². The molecule has 1 aliphatic rings. The van der Waals surface area contributed by atoms with Crippen molar-refractivity contribution in [1.29, 1.82) is 0 Å². The van der Waals surface area contributed by atoms with Crippen molar-refractivity contribution in [2.75, 3.05) is 12.3 Å². The first kappa shape index (κ1) is 20.6. The van der Waals surface area contributed by atoms with Crippen molar-refractivity contribution in [3.05, 3.63) is 75.3 Å². The number of carbonyl (C=O) groups is 2. The zero-order chi connectivity index (χ0) is 22.3. The van der Waals surface area contributed by atoms with Crippen molar-refractivity contribution in [2.24, 2.45) is 7.05 Å². The van der Waals surface area contributed by atoms with Crippen LogP contribution in [0, 0.1) is 13.8 Å². The number of hydrogen-bond donors (Lipinski definition) is 1. The minimum atomic E-state index is -0.673. The number of ketones is 1. The molecule has 8 heteroatoms. The zero-order valence-electron chi connectivity index (χ0n) is 17.8. The number of Topliss-reactive ketones (excluding diaryl/α,β-unsaturated/α-hetero) is 1. The number of nitrogens with two attached hydrogens (primary N) is 1. The van der Waals surface area contributed by atoms with Crippen LogP contribution in [0.4, 0.5) is 5.82 Å². The van der Waals surface area contributed by atoms with Gasteiger partial charge >= 0.3 is 0 Å². The maximum absolute atomic E-state index is 13.3. The molecule has 1 aliphatic heterocycles. The molecule has 0 bridgehead atoms. The second-order valence-electron chi connectivity index (χ2n) is 7.92. The summed E-state index contributed by atoms with van der Waals surface area (Å²) in [5.74, 6) is -0.437. The van der Waals surface area contributed by atoms with Gasteiger partial charge in [-0.1, -0.05) is 18.2 Å². The van der Waals surface area contributed by atoms with Crippen LogP contribution in [-0.2, 0) is 7.05 Å². The predicted molar refractivity (Wildman–Crippen MR) is 118 cm³/mol. The van der Waals surface area contributed by atoms with E-state index in [0.717, 1.165) is 11.4 Å². The number of carbonyl (C=O) groups excluding carboxylic acids is 2. The highest BCUT2D eigenvalue weighted by Gasteiger charge is 2.38. The van der Waals surface area contributed by atoms with Crippen molar-refractivity contribution < 1.29 is 9.59 Å². The van der Waals surface area contributed by atoms with E-state index in [1.165, 1.54) is 20.3 Å². The number of anilines is 1. The molecule has 31 heavy (non-hydrogen) atoms. The number of likely N-dealkylation sites (tertiary alicyclic amines) is 1. The lowest BCUT2D eigenvalue weighted by molar-refractivity contribution is 0.0669. The zero-order valence-corrected chi connectivity index (χ0v) is 17.8. The van der Waals surface area contributed by atoms with E-state index in [9.17, 15) is 14.4 Å². The van der Waals surface area contributed by atoms with Crippen LogP contribution >= 0.6 is 0 Å². The molecule has 2 N–H and O–H groups in total. The normalized spacial score (nSPS) is 16.0. The van der Waals surface area contributed by atoms with Gasteiger partial charge in [-0.2, -0.15) is 5.10 Å². The Kier molecular flexibility index (Phi) is 5.22. The summed E-state index contributed by atoms with van der Waals surface area (Å²) in [6, 6.07) is 10.4. The molecule has 1 fully saturated rings. The SMILES string of the molecule is Cc1cc(C)n(C)c(=O)c1C(=O)N1CCC[C@@H]1C(=O)c1cnn(-c2ccccc2)c1N. The van der Waals surface area contributed by atoms with Crippen LogP contribution in [0.25, 0.3) is 5.69 Å². The molecular formula is C23H25N5O3. The summed E-state index contributed by atoms with van der Waals surface area (Å²) in [4.78, 5) is 40.9. The van der Waals surface area contributed by atoms with Crippen LogP contribution in [0.15, 0.2) is 47.4 Å². The van der Waals surface area contributed by atoms with Crippen LogP contribution in [0.1, 0.15) is 44.8 Å². The van der Waals surface area contributed by atoms with Crippen molar-refractivity contribution in [1.82, 2.24) is 19.2 Å². The van der Waals surface area contributed by atoms with Gasteiger partial charge in [-0.05, 0) is 50.5 Å². The van der Waals surface area contributed by atoms with Crippen LogP contribution < -0.4 is 11.3 Å². The third kappa shape index (κ3) is 3.43. The quantitative estimate of drug-likeness (QED) is 0.654. The Bertz CT molecular complexity index is 1230. The average molecular weight is 419 g/mol. The Hall–Kier alpha value is -3.68. The van der Waals surface area contributed by atoms with E-state index >= 15 is 0 Å². The Balaban J connectivity index is 1.67. The van der Waals surface area contributed by atoms with E-state index in [4.69, 9.17) is 5.73 Å². The van der Waals surface area contributed by atoms with Crippen molar-refractivity contribution in [3.63, 3.8) is 0 Å². The fourth-order valence-electron chi connectivity index (χ4n) is 4.17. The van der Waals surface area contributed by atoms with E-state index < -0.39 is 11.9 Å². The highest BCUT2D eigenvalue weighted by Crippen LogP contribution is 2.26. The first-order valence-electron chi connectivity index (χ1n) is 10.2. The molecule has 2 aromatic heterocycles. The van der Waals surface area contributed by atoms with Gasteiger partial charge in [-0.25, -0.2) is 4.68 Å². The molecule has 1 aromatic carbocycles. The van der Waals surface area contributed by atoms with Crippen LogP contribution in [-0.4, -0.2) is 43.5 Å². The van der Waals surface area contributed by atoms with Crippen molar-refractivity contribution in [3.8, 4) is 5.69 Å². The monoisotopic (exact) mass is 419 g/mol. The first-order valence-corrected chi connectivity index (χ1v) is 10.2. The van der Waals surface area contributed by atoms with E-state index in [2.05, 4.69) is 5.10 Å². The van der Waals surface area contributed by atoms with Gasteiger partial charge in [-0.15, -0.1) is 0 Å². The lowest BCUT2D eigenvalue weighted by atomic mass is 10.0. The van der Waals surface area contributed by atoms with Gasteiger partial charge in [0.05, 0.1) is 23.5 Å². The van der Waals surface area contributed by atoms with Gasteiger partial charge < -0.3 is 15.2 Å². The summed E-state index contributed by atoms with van der Waals surface area (Å²) in [5, 5.41) is 4.27. The number of para-hydroxylation sites is 1. The maximum Gasteiger partial charge on any atom is 0.263 e. The minimum Gasteiger partial charge on any atom is -0.383 e. The molecule has 1 saturated heterocycles. The molecule has 0 aliphatic carbocycles. The average Bonchev–Trinajstić information content (AvgIpc) is 3.39. The molecule has 8 nitrogen and oxygen atoms in total. The Morgan fingerprint density at radius 3 is 2.58 bits per heavy atom. The van der Waals surface area contributed by atoms with Gasteiger partial charge in [-0.3, -0.25) is 14.4 Å². The molecule has 1 amide bonds. The summed E-state index contributed by atoms with van der Waals surface area (Å²) >= 11 is 0. The summed E-state index contributed by atoms with van der Waals surface area (Å²) in [7, 11) is 1.64. The predicted octanol–water partition coefficient (Wildman–Crippen LogP) is 2.26. The van der Waals surface area contributed by atoms with E-state index in [1.54, 1.807) is 14.0 Å². The fourth-order valence-corrected chi connectivity index (χ4v) is 4.17. The highest BCUT2D eigenvalue weighted by atomic mass is 16.2. The summed E-state index contributed by atoms with van der Waals surface area (Å²) in [6.45, 7) is 3.98. The van der Waals surface area contributed by atoms with Crippen LogP contribution in [0.3, 0.4) is 0 Å². The summed E-state index contributed by atoms with van der Waals surface area (Å²) in [6.07, 6.45) is 2.65. The summed E-state index contributed by atoms with van der Waals surface area (Å²) in [5.41, 5.74) is 8.42. The Morgan fingerprint density at radius 1 is 1.16 bits per heavy atom. The molecule has 4 rings (SSSR count). The lowest BCUT2D eigenvalue weighted by Crippen LogP contribution is -2.43. The van der Waals surface area contributed by atoms with Crippen molar-refractivity contribution in [2.45, 2.75) is 32.7 Å². The van der Waals surface area contributed by atoms with Crippen LogP contribution in [0.2, 0.25) is 0 Å². The lowest BCUT2D eigenvalue weighted by Gasteiger charge is -2.24. The molecule has 0 unspecified atom stereocenters. The molecule has 3 heterocycles. The summed E-state index contributed by atoms with van der Waals surface area (Å²) < 4.78 is 2.96. The molecule has 0 spiro atoms. The number of aryl methyl sites for hydroxylation is 2. The minimum absolute atomic E-state index is 0.112. The number of hydrogen-bond acceptors (Lipinski definition) is 5. The number of nitrogens with zero attached hydrogens (tertiary/aromatic N) is 4. The third-order valence-electron chi connectivity index (χ3n) is 5.97. The van der Waals surface area contributed by atoms with Gasteiger partial charge in [0.1, 0.15) is 11.4 Å². The van der Waals surface area contributed by atoms with E-state index in [-0.39, 0.29) is 28.3 Å². The highest BCUT2D eigenvalue weighted by molar-refractivity contribution is 6.07. The number of pyridine rings is 1. The standard InChI is InChI=1S/C23H25N5O3/c1-14-12-15(2)26(3)22(30)19(14)23(31)27-11-7-10-18(27)20(29)17-13-25-28(21(17)24)16-8-5-4-6-9-16/h4-6,8-9,12-13,18H,7,10-11,24H2,1-3H3/t18-/m1/s1. The number of amides is 1. The first-order chi connectivity index (χ1) is 14.8. The number of rotatable bonds is 4. The van der Waals surface area contributed by atoms with Gasteiger partial charge in [0.15, 0.2) is 5.78 Å². The van der Waals surface area contributed by atoms with E-state index in [1.807, 2.05) is 43.3 Å². The van der Waals surface area contributed by atoms with Gasteiger partial charge in [0, 0.05) is 19.3 Å². The molecule has 3 aromatic rings. The Labute approximate surface area is 179 Å².